The van der Waals surface area contributed by atoms with Crippen molar-refractivity contribution in [1.29, 1.82) is 0 Å². The summed E-state index contributed by atoms with van der Waals surface area (Å²) in [7, 11) is 3.73. The molecule has 0 amide bonds. The van der Waals surface area contributed by atoms with Crippen LogP contribution in [0.1, 0.15) is 0 Å². The number of nitrogens with zero attached hydrogens (tertiary/aromatic N) is 2. The van der Waals surface area contributed by atoms with Gasteiger partial charge in [0.25, 0.3) is 0 Å². The van der Waals surface area contributed by atoms with Crippen LogP contribution in [-0.2, 0) is 4.74 Å². The maximum Gasteiger partial charge on any atom is 0.128 e. The molecule has 0 aliphatic carbocycles. The van der Waals surface area contributed by atoms with E-state index in [1.807, 2.05) is 19.3 Å². The minimum Gasteiger partial charge on any atom is -0.383 e. The molecular weight excluding hydrogens is 232 g/mol. The summed E-state index contributed by atoms with van der Waals surface area (Å²) in [4.78, 5) is 6.55. The van der Waals surface area contributed by atoms with E-state index in [0.29, 0.717) is 6.61 Å². The molecule has 3 nitrogen and oxygen atoms in total. The number of ether oxygens (including phenoxy) is 1. The summed E-state index contributed by atoms with van der Waals surface area (Å²) in [6.07, 6.45) is 1.92. The molecule has 2 aromatic heterocycles. The predicted octanol–water partition coefficient (Wildman–Crippen LogP) is 2.89. The minimum atomic E-state index is 0.713. The van der Waals surface area contributed by atoms with Crippen LogP contribution in [0.25, 0.3) is 11.1 Å². The zero-order chi connectivity index (χ0) is 12.1. The van der Waals surface area contributed by atoms with Crippen molar-refractivity contribution in [3.63, 3.8) is 0 Å². The largest absolute Gasteiger partial charge is 0.383 e. The number of rotatable bonds is 5. The first-order chi connectivity index (χ1) is 8.31. The molecule has 0 aromatic carbocycles. The Bertz CT molecular complexity index is 439. The zero-order valence-electron chi connectivity index (χ0n) is 10.1. The minimum absolute atomic E-state index is 0.713. The van der Waals surface area contributed by atoms with E-state index in [9.17, 15) is 0 Å². The Labute approximate surface area is 106 Å². The van der Waals surface area contributed by atoms with Crippen molar-refractivity contribution >= 4 is 17.2 Å². The monoisotopic (exact) mass is 248 g/mol. The lowest BCUT2D eigenvalue weighted by Gasteiger charge is -2.17. The van der Waals surface area contributed by atoms with Crippen LogP contribution in [0.4, 0.5) is 5.82 Å². The summed E-state index contributed by atoms with van der Waals surface area (Å²) in [6, 6.07) is 6.26. The van der Waals surface area contributed by atoms with E-state index in [1.54, 1.807) is 18.4 Å². The normalized spacial score (nSPS) is 10.5. The highest BCUT2D eigenvalue weighted by molar-refractivity contribution is 7.08. The summed E-state index contributed by atoms with van der Waals surface area (Å²) in [6.45, 7) is 1.56. The lowest BCUT2D eigenvalue weighted by Crippen LogP contribution is -2.22. The number of pyridine rings is 1. The molecule has 2 rings (SSSR count). The van der Waals surface area contributed by atoms with Gasteiger partial charge in [-0.1, -0.05) is 0 Å². The van der Waals surface area contributed by atoms with E-state index < -0.39 is 0 Å². The van der Waals surface area contributed by atoms with Gasteiger partial charge in [0.05, 0.1) is 6.61 Å². The Balaban J connectivity index is 2.08. The van der Waals surface area contributed by atoms with Gasteiger partial charge in [-0.3, -0.25) is 0 Å². The molecule has 90 valence electrons. The molecule has 0 aliphatic rings. The van der Waals surface area contributed by atoms with Gasteiger partial charge >= 0.3 is 0 Å². The number of hydrogen-bond acceptors (Lipinski definition) is 4. The van der Waals surface area contributed by atoms with E-state index in [1.165, 1.54) is 5.56 Å². The number of methoxy groups -OCH3 is 1. The molecule has 0 fully saturated rings. The van der Waals surface area contributed by atoms with E-state index in [2.05, 4.69) is 32.8 Å². The molecule has 0 radical (unpaired) electrons. The second kappa shape index (κ2) is 5.80. The Morgan fingerprint density at radius 3 is 2.76 bits per heavy atom. The van der Waals surface area contributed by atoms with Gasteiger partial charge in [-0.2, -0.15) is 11.3 Å². The molecule has 0 atom stereocenters. The molecule has 2 heterocycles. The van der Waals surface area contributed by atoms with Crippen molar-refractivity contribution in [3.8, 4) is 11.1 Å². The van der Waals surface area contributed by atoms with E-state index in [0.717, 1.165) is 17.9 Å². The van der Waals surface area contributed by atoms with E-state index in [-0.39, 0.29) is 0 Å². The molecule has 2 aromatic rings. The van der Waals surface area contributed by atoms with Gasteiger partial charge in [0.2, 0.25) is 0 Å². The maximum absolute atomic E-state index is 5.05. The van der Waals surface area contributed by atoms with Crippen LogP contribution in [0.15, 0.2) is 35.2 Å². The first-order valence-electron chi connectivity index (χ1n) is 5.50. The first kappa shape index (κ1) is 12.1. The first-order valence-corrected chi connectivity index (χ1v) is 6.44. The second-order valence-electron chi connectivity index (χ2n) is 3.83. The van der Waals surface area contributed by atoms with Crippen molar-refractivity contribution in [2.24, 2.45) is 0 Å². The van der Waals surface area contributed by atoms with Crippen LogP contribution >= 0.6 is 11.3 Å². The number of hydrogen-bond donors (Lipinski definition) is 0. The number of thiophene rings is 1. The summed E-state index contributed by atoms with van der Waals surface area (Å²) in [5, 5.41) is 4.21. The van der Waals surface area contributed by atoms with Gasteiger partial charge in [0, 0.05) is 32.5 Å². The van der Waals surface area contributed by atoms with Gasteiger partial charge in [-0.15, -0.1) is 0 Å². The van der Waals surface area contributed by atoms with Crippen LogP contribution in [-0.4, -0.2) is 32.3 Å². The van der Waals surface area contributed by atoms with Gasteiger partial charge in [-0.05, 0) is 34.5 Å². The topological polar surface area (TPSA) is 25.4 Å². The standard InChI is InChI=1S/C13H16N2OS/c1-15(6-7-16-2)13-4-3-11(9-14-13)12-5-8-17-10-12/h3-5,8-10H,6-7H2,1-2H3. The maximum atomic E-state index is 5.05. The van der Waals surface area contributed by atoms with Crippen molar-refractivity contribution in [2.45, 2.75) is 0 Å². The van der Waals surface area contributed by atoms with E-state index >= 15 is 0 Å². The third-order valence-electron chi connectivity index (χ3n) is 2.62. The molecule has 17 heavy (non-hydrogen) atoms. The lowest BCUT2D eigenvalue weighted by molar-refractivity contribution is 0.206. The highest BCUT2D eigenvalue weighted by atomic mass is 32.1. The van der Waals surface area contributed by atoms with Crippen LogP contribution < -0.4 is 4.90 Å². The average molecular weight is 248 g/mol. The number of anilines is 1. The quantitative estimate of drug-likeness (QED) is 0.813. The fourth-order valence-electron chi connectivity index (χ4n) is 1.55. The van der Waals surface area contributed by atoms with Gasteiger partial charge < -0.3 is 9.64 Å². The highest BCUT2D eigenvalue weighted by Crippen LogP contribution is 2.22. The predicted molar refractivity (Wildman–Crippen MR) is 72.7 cm³/mol. The average Bonchev–Trinajstić information content (AvgIpc) is 2.90. The molecular formula is C13H16N2OS. The molecule has 4 heteroatoms. The van der Waals surface area contributed by atoms with Gasteiger partial charge in [0.1, 0.15) is 5.82 Å². The molecule has 0 aliphatic heterocycles. The van der Waals surface area contributed by atoms with Crippen molar-refractivity contribution in [3.05, 3.63) is 35.2 Å². The molecule has 0 saturated heterocycles. The molecule has 0 bridgehead atoms. The summed E-state index contributed by atoms with van der Waals surface area (Å²) >= 11 is 1.70. The molecule has 0 saturated carbocycles. The Kier molecular flexibility index (Phi) is 4.12. The Morgan fingerprint density at radius 2 is 2.18 bits per heavy atom. The van der Waals surface area contributed by atoms with Crippen molar-refractivity contribution in [1.82, 2.24) is 4.98 Å². The summed E-state index contributed by atoms with van der Waals surface area (Å²) in [5.74, 6) is 0.973. The van der Waals surface area contributed by atoms with Crippen molar-refractivity contribution < 1.29 is 4.74 Å². The third-order valence-corrected chi connectivity index (χ3v) is 3.31. The number of likely N-dealkylation sites (N-methyl/N-ethyl adjacent to an activating group) is 1. The molecule has 0 spiro atoms. The van der Waals surface area contributed by atoms with Crippen LogP contribution in [0.2, 0.25) is 0 Å². The fraction of sp³-hybridized carbons (Fsp3) is 0.308. The second-order valence-corrected chi connectivity index (χ2v) is 4.61. The number of aromatic nitrogens is 1. The lowest BCUT2D eigenvalue weighted by atomic mass is 10.1. The van der Waals surface area contributed by atoms with Crippen molar-refractivity contribution in [2.75, 3.05) is 32.2 Å². The van der Waals surface area contributed by atoms with Gasteiger partial charge in [0.15, 0.2) is 0 Å². The summed E-state index contributed by atoms with van der Waals surface area (Å²) < 4.78 is 5.05. The Hall–Kier alpha value is -1.39. The smallest absolute Gasteiger partial charge is 0.128 e. The SMILES string of the molecule is COCCN(C)c1ccc(-c2ccsc2)cn1. The van der Waals surface area contributed by atoms with E-state index in [4.69, 9.17) is 4.74 Å². The van der Waals surface area contributed by atoms with Crippen LogP contribution in [0.5, 0.6) is 0 Å². The summed E-state index contributed by atoms with van der Waals surface area (Å²) in [5.41, 5.74) is 2.39. The molecule has 0 unspecified atom stereocenters. The third kappa shape index (κ3) is 3.05. The highest BCUT2D eigenvalue weighted by Gasteiger charge is 2.03. The Morgan fingerprint density at radius 1 is 1.29 bits per heavy atom. The molecule has 0 N–H and O–H groups in total. The fourth-order valence-corrected chi connectivity index (χ4v) is 2.22. The van der Waals surface area contributed by atoms with Crippen LogP contribution in [0, 0.1) is 0 Å². The van der Waals surface area contributed by atoms with Gasteiger partial charge in [-0.25, -0.2) is 4.98 Å². The zero-order valence-corrected chi connectivity index (χ0v) is 10.9. The van der Waals surface area contributed by atoms with Crippen LogP contribution in [0.3, 0.4) is 0 Å².